The van der Waals surface area contributed by atoms with Crippen molar-refractivity contribution in [2.75, 3.05) is 0 Å². The average Bonchev–Trinajstić information content (AvgIpc) is 2.74. The van der Waals surface area contributed by atoms with E-state index < -0.39 is 32.8 Å². The van der Waals surface area contributed by atoms with Crippen LogP contribution in [0, 0.1) is 6.92 Å². The summed E-state index contributed by atoms with van der Waals surface area (Å²) in [4.78, 5) is 13.1. The van der Waals surface area contributed by atoms with Gasteiger partial charge in [0.15, 0.2) is 0 Å². The Balaban J connectivity index is 1.76. The van der Waals surface area contributed by atoms with Crippen molar-refractivity contribution in [3.63, 3.8) is 0 Å². The molecular weight excluding hydrogens is 400 g/mol. The van der Waals surface area contributed by atoms with E-state index in [1.807, 2.05) is 37.3 Å². The number of aryl methyl sites for hydroxylation is 1. The highest BCUT2D eigenvalue weighted by Gasteiger charge is 2.63. The molecule has 2 heterocycles. The maximum atomic E-state index is 13.7. The van der Waals surface area contributed by atoms with Crippen molar-refractivity contribution in [1.82, 2.24) is 0 Å². The third-order valence-corrected chi connectivity index (χ3v) is 8.24. The van der Waals surface area contributed by atoms with Crippen molar-refractivity contribution in [3.05, 3.63) is 77.9 Å². The van der Waals surface area contributed by atoms with Gasteiger partial charge in [-0.2, -0.15) is 0 Å². The second kappa shape index (κ2) is 8.00. The van der Waals surface area contributed by atoms with Crippen LogP contribution in [0.4, 0.5) is 0 Å². The predicted octanol–water partition coefficient (Wildman–Crippen LogP) is 4.32. The van der Waals surface area contributed by atoms with E-state index in [1.54, 1.807) is 30.3 Å². The summed E-state index contributed by atoms with van der Waals surface area (Å²) < 4.78 is 37.4. The van der Waals surface area contributed by atoms with Gasteiger partial charge in [0.2, 0.25) is 14.6 Å². The van der Waals surface area contributed by atoms with Gasteiger partial charge in [0.25, 0.3) is 0 Å². The van der Waals surface area contributed by atoms with E-state index in [9.17, 15) is 13.2 Å². The molecule has 2 aliphatic heterocycles. The Bertz CT molecular complexity index is 1040. The molecular formula is C24H26O5S. The van der Waals surface area contributed by atoms with Gasteiger partial charge in [-0.3, -0.25) is 0 Å². The normalized spacial score (nSPS) is 26.4. The quantitative estimate of drug-likeness (QED) is 0.487. The fourth-order valence-corrected chi connectivity index (χ4v) is 6.13. The number of rotatable bonds is 7. The van der Waals surface area contributed by atoms with Gasteiger partial charge in [0.1, 0.15) is 6.10 Å². The molecule has 0 amide bonds. The van der Waals surface area contributed by atoms with Crippen LogP contribution < -0.4 is 0 Å². The van der Waals surface area contributed by atoms with E-state index in [0.29, 0.717) is 6.42 Å². The zero-order valence-electron chi connectivity index (χ0n) is 17.2. The van der Waals surface area contributed by atoms with Crippen LogP contribution >= 0.6 is 0 Å². The number of carbonyl (C=O) groups is 1. The second-order valence-electron chi connectivity index (χ2n) is 7.96. The lowest BCUT2D eigenvalue weighted by Gasteiger charge is -2.45. The predicted molar refractivity (Wildman–Crippen MR) is 114 cm³/mol. The highest BCUT2D eigenvalue weighted by Crippen LogP contribution is 2.45. The number of carbonyl (C=O) groups excluding carboxylic acids is 1. The lowest BCUT2D eigenvalue weighted by atomic mass is 9.86. The Morgan fingerprint density at radius 3 is 2.47 bits per heavy atom. The fraction of sp³-hybridized carbons (Fsp3) is 0.375. The molecule has 0 aromatic heterocycles. The summed E-state index contributed by atoms with van der Waals surface area (Å²) in [6.45, 7) is 3.94. The molecule has 1 aliphatic carbocycles. The van der Waals surface area contributed by atoms with Gasteiger partial charge >= 0.3 is 5.97 Å². The SMILES string of the molecule is CCC[C@@H](O[C@H]1C[C@@H]2C=C[C@@]1(S(=O)(=O)c1ccc(C)cc1)C(=O)O2)c1ccccc1. The van der Waals surface area contributed by atoms with E-state index in [0.717, 1.165) is 24.0 Å². The van der Waals surface area contributed by atoms with Gasteiger partial charge in [-0.1, -0.05) is 61.4 Å². The molecule has 0 unspecified atom stereocenters. The molecule has 1 fully saturated rings. The van der Waals surface area contributed by atoms with Crippen molar-refractivity contribution in [1.29, 1.82) is 0 Å². The minimum Gasteiger partial charge on any atom is -0.457 e. The number of hydrogen-bond acceptors (Lipinski definition) is 5. The van der Waals surface area contributed by atoms with Gasteiger partial charge in [-0.05, 0) is 43.2 Å². The van der Waals surface area contributed by atoms with E-state index in [-0.39, 0.29) is 11.0 Å². The minimum atomic E-state index is -4.08. The summed E-state index contributed by atoms with van der Waals surface area (Å²) in [6.07, 6.45) is 3.49. The lowest BCUT2D eigenvalue weighted by molar-refractivity contribution is -0.169. The van der Waals surface area contributed by atoms with Crippen LogP contribution in [0.2, 0.25) is 0 Å². The molecule has 1 saturated heterocycles. The Morgan fingerprint density at radius 1 is 1.13 bits per heavy atom. The number of fused-ring (bicyclic) bond motifs is 2. The Kier molecular flexibility index (Phi) is 5.55. The first-order valence-electron chi connectivity index (χ1n) is 10.3. The summed E-state index contributed by atoms with van der Waals surface area (Å²) in [5.41, 5.74) is 1.91. The summed E-state index contributed by atoms with van der Waals surface area (Å²) in [5.74, 6) is -0.755. The van der Waals surface area contributed by atoms with Crippen LogP contribution in [0.25, 0.3) is 0 Å². The zero-order valence-corrected chi connectivity index (χ0v) is 18.0. The fourth-order valence-electron chi connectivity index (χ4n) is 4.22. The lowest BCUT2D eigenvalue weighted by Crippen LogP contribution is -2.63. The molecule has 0 saturated carbocycles. The molecule has 158 valence electrons. The smallest absolute Gasteiger partial charge is 0.335 e. The molecule has 30 heavy (non-hydrogen) atoms. The molecule has 2 bridgehead atoms. The molecule has 0 radical (unpaired) electrons. The Morgan fingerprint density at radius 2 is 1.83 bits per heavy atom. The van der Waals surface area contributed by atoms with E-state index in [1.165, 1.54) is 6.08 Å². The van der Waals surface area contributed by atoms with Gasteiger partial charge < -0.3 is 9.47 Å². The average molecular weight is 427 g/mol. The summed E-state index contributed by atoms with van der Waals surface area (Å²) in [5, 5.41) is 0. The maximum absolute atomic E-state index is 13.7. The topological polar surface area (TPSA) is 69.7 Å². The first kappa shape index (κ1) is 20.8. The summed E-state index contributed by atoms with van der Waals surface area (Å²) in [6, 6.07) is 16.3. The van der Waals surface area contributed by atoms with Crippen LogP contribution in [-0.2, 0) is 24.1 Å². The van der Waals surface area contributed by atoms with Gasteiger partial charge in [-0.15, -0.1) is 0 Å². The van der Waals surface area contributed by atoms with Crippen molar-refractivity contribution in [2.45, 2.75) is 61.1 Å². The zero-order chi connectivity index (χ0) is 21.4. The first-order chi connectivity index (χ1) is 14.4. The third-order valence-electron chi connectivity index (χ3n) is 5.89. The molecule has 2 aromatic carbocycles. The second-order valence-corrected chi connectivity index (χ2v) is 10.1. The van der Waals surface area contributed by atoms with Crippen molar-refractivity contribution in [2.24, 2.45) is 0 Å². The third kappa shape index (κ3) is 3.38. The molecule has 3 aliphatic rings. The number of ether oxygens (including phenoxy) is 2. The van der Waals surface area contributed by atoms with Crippen LogP contribution in [-0.4, -0.2) is 31.3 Å². The van der Waals surface area contributed by atoms with E-state index in [4.69, 9.17) is 9.47 Å². The van der Waals surface area contributed by atoms with Crippen LogP contribution in [0.3, 0.4) is 0 Å². The standard InChI is InChI=1S/C24H26O5S/c1-3-7-21(18-8-5-4-6-9-18)29-22-16-19-14-15-24(22,23(25)28-19)30(26,27)20-12-10-17(2)11-13-20/h4-6,8-15,19,21-22H,3,7,16H2,1-2H3/t19-,21+,22-,24-/m0/s1. The molecule has 6 heteroatoms. The van der Waals surface area contributed by atoms with E-state index in [2.05, 4.69) is 6.92 Å². The van der Waals surface area contributed by atoms with Crippen molar-refractivity contribution < 1.29 is 22.7 Å². The Hall–Kier alpha value is -2.44. The van der Waals surface area contributed by atoms with Crippen LogP contribution in [0.15, 0.2) is 71.6 Å². The number of benzene rings is 2. The summed E-state index contributed by atoms with van der Waals surface area (Å²) in [7, 11) is -4.08. The number of esters is 1. The van der Waals surface area contributed by atoms with Crippen molar-refractivity contribution >= 4 is 15.8 Å². The molecule has 5 rings (SSSR count). The minimum absolute atomic E-state index is 0.0930. The van der Waals surface area contributed by atoms with Gasteiger partial charge in [0, 0.05) is 6.42 Å². The highest BCUT2D eigenvalue weighted by molar-refractivity contribution is 7.94. The molecule has 0 N–H and O–H groups in total. The Labute approximate surface area is 177 Å². The van der Waals surface area contributed by atoms with Crippen molar-refractivity contribution in [3.8, 4) is 0 Å². The first-order valence-corrected chi connectivity index (χ1v) is 11.8. The van der Waals surface area contributed by atoms with Crippen LogP contribution in [0.5, 0.6) is 0 Å². The molecule has 5 nitrogen and oxygen atoms in total. The molecule has 4 atom stereocenters. The summed E-state index contributed by atoms with van der Waals surface area (Å²) >= 11 is 0. The molecule has 2 aromatic rings. The number of sulfone groups is 1. The monoisotopic (exact) mass is 426 g/mol. The van der Waals surface area contributed by atoms with Gasteiger partial charge in [-0.25, -0.2) is 13.2 Å². The largest absolute Gasteiger partial charge is 0.457 e. The van der Waals surface area contributed by atoms with Gasteiger partial charge in [0.05, 0.1) is 17.1 Å². The number of hydrogen-bond donors (Lipinski definition) is 0. The molecule has 0 spiro atoms. The van der Waals surface area contributed by atoms with E-state index >= 15 is 0 Å². The highest BCUT2D eigenvalue weighted by atomic mass is 32.2. The maximum Gasteiger partial charge on any atom is 0.335 e. The van der Waals surface area contributed by atoms with Crippen LogP contribution in [0.1, 0.15) is 43.4 Å².